The van der Waals surface area contributed by atoms with Gasteiger partial charge in [-0.3, -0.25) is 4.79 Å². The SMILES string of the molecule is Cc1ccc(CC(CN(OC(=O)OC(C)(C)C)C(=O)O)C(OC(=O)C(C)(C)C)C(C)(C)C)cc1C. The number of amides is 1. The topological polar surface area (TPSA) is 102 Å². The van der Waals surface area contributed by atoms with Crippen molar-refractivity contribution in [3.05, 3.63) is 34.9 Å². The maximum atomic E-state index is 12.9. The van der Waals surface area contributed by atoms with Crippen molar-refractivity contribution in [1.29, 1.82) is 0 Å². The molecule has 198 valence electrons. The van der Waals surface area contributed by atoms with Crippen LogP contribution in [0.25, 0.3) is 0 Å². The zero-order chi connectivity index (χ0) is 27.4. The van der Waals surface area contributed by atoms with Crippen LogP contribution in [-0.4, -0.2) is 46.6 Å². The highest BCUT2D eigenvalue weighted by atomic mass is 16.8. The Morgan fingerprint density at radius 2 is 1.51 bits per heavy atom. The van der Waals surface area contributed by atoms with Gasteiger partial charge in [-0.05, 0) is 83.9 Å². The van der Waals surface area contributed by atoms with E-state index in [1.165, 1.54) is 0 Å². The van der Waals surface area contributed by atoms with Crippen molar-refractivity contribution in [2.24, 2.45) is 16.7 Å². The first-order valence-corrected chi connectivity index (χ1v) is 11.9. The fourth-order valence-electron chi connectivity index (χ4n) is 3.50. The summed E-state index contributed by atoms with van der Waals surface area (Å²) in [5, 5.41) is 10.4. The van der Waals surface area contributed by atoms with E-state index in [1.54, 1.807) is 41.5 Å². The summed E-state index contributed by atoms with van der Waals surface area (Å²) in [6, 6.07) is 6.01. The van der Waals surface area contributed by atoms with Gasteiger partial charge in [-0.25, -0.2) is 9.59 Å². The summed E-state index contributed by atoms with van der Waals surface area (Å²) in [7, 11) is 0. The number of aryl methyl sites for hydroxylation is 2. The van der Waals surface area contributed by atoms with E-state index in [1.807, 2.05) is 52.8 Å². The molecule has 0 aromatic heterocycles. The van der Waals surface area contributed by atoms with E-state index in [2.05, 4.69) is 0 Å². The van der Waals surface area contributed by atoms with E-state index in [9.17, 15) is 19.5 Å². The van der Waals surface area contributed by atoms with Crippen molar-refractivity contribution in [1.82, 2.24) is 5.06 Å². The Morgan fingerprint density at radius 1 is 0.943 bits per heavy atom. The molecule has 0 heterocycles. The van der Waals surface area contributed by atoms with Crippen molar-refractivity contribution >= 4 is 18.2 Å². The summed E-state index contributed by atoms with van der Waals surface area (Å²) in [5.41, 5.74) is 1.07. The molecule has 1 amide bonds. The minimum Gasteiger partial charge on any atom is -0.463 e. The number of carbonyl (C=O) groups excluding carboxylic acids is 2. The lowest BCUT2D eigenvalue weighted by Crippen LogP contribution is -2.47. The average molecular weight is 494 g/mol. The number of hydrogen-bond acceptors (Lipinski definition) is 6. The molecule has 0 aliphatic carbocycles. The number of hydrogen-bond donors (Lipinski definition) is 1. The highest BCUT2D eigenvalue weighted by molar-refractivity contribution is 5.75. The van der Waals surface area contributed by atoms with Gasteiger partial charge in [-0.1, -0.05) is 39.0 Å². The minimum absolute atomic E-state index is 0.207. The van der Waals surface area contributed by atoms with Gasteiger partial charge in [0, 0.05) is 5.92 Å². The van der Waals surface area contributed by atoms with Crippen LogP contribution in [0.2, 0.25) is 0 Å². The molecular weight excluding hydrogens is 450 g/mol. The van der Waals surface area contributed by atoms with Gasteiger partial charge in [-0.15, -0.1) is 5.06 Å². The van der Waals surface area contributed by atoms with Crippen LogP contribution in [0.3, 0.4) is 0 Å². The molecule has 1 rings (SSSR count). The number of nitrogens with zero attached hydrogens (tertiary/aromatic N) is 1. The van der Waals surface area contributed by atoms with Crippen LogP contribution in [0, 0.1) is 30.6 Å². The van der Waals surface area contributed by atoms with Gasteiger partial charge in [0.2, 0.25) is 0 Å². The first kappa shape index (κ1) is 30.3. The number of esters is 1. The molecule has 0 saturated heterocycles. The average Bonchev–Trinajstić information content (AvgIpc) is 2.64. The Labute approximate surface area is 209 Å². The second kappa shape index (κ2) is 11.3. The third-order valence-corrected chi connectivity index (χ3v) is 5.39. The van der Waals surface area contributed by atoms with Crippen molar-refractivity contribution in [2.75, 3.05) is 6.54 Å². The molecule has 2 unspecified atom stereocenters. The van der Waals surface area contributed by atoms with Crippen LogP contribution in [0.15, 0.2) is 18.2 Å². The minimum atomic E-state index is -1.45. The summed E-state index contributed by atoms with van der Waals surface area (Å²) in [6.07, 6.45) is -2.83. The summed E-state index contributed by atoms with van der Waals surface area (Å²) in [4.78, 5) is 42.2. The van der Waals surface area contributed by atoms with Crippen LogP contribution in [-0.2, 0) is 25.5 Å². The van der Waals surface area contributed by atoms with Crippen molar-refractivity contribution in [2.45, 2.75) is 94.3 Å². The molecule has 0 aliphatic rings. The monoisotopic (exact) mass is 493 g/mol. The van der Waals surface area contributed by atoms with Gasteiger partial charge in [0.25, 0.3) is 0 Å². The second-order valence-electron chi connectivity index (χ2n) is 12.2. The predicted molar refractivity (Wildman–Crippen MR) is 134 cm³/mol. The molecule has 2 atom stereocenters. The molecule has 0 spiro atoms. The number of carbonyl (C=O) groups is 3. The third-order valence-electron chi connectivity index (χ3n) is 5.39. The van der Waals surface area contributed by atoms with Crippen molar-refractivity contribution in [3.8, 4) is 0 Å². The standard InChI is InChI=1S/C27H43NO7/c1-17-12-13-19(14-18(17)2)15-20(21(25(3,4)5)33-22(29)26(6,7)8)16-28(23(30)31)35-24(32)34-27(9,10)11/h12-14,20-21H,15-16H2,1-11H3,(H,30,31). The van der Waals surface area contributed by atoms with E-state index in [0.717, 1.165) is 16.7 Å². The molecule has 1 aromatic carbocycles. The molecule has 0 saturated carbocycles. The molecule has 8 nitrogen and oxygen atoms in total. The Balaban J connectivity index is 3.40. The number of ether oxygens (including phenoxy) is 2. The van der Waals surface area contributed by atoms with Gasteiger partial charge in [-0.2, -0.15) is 0 Å². The van der Waals surface area contributed by atoms with Crippen LogP contribution in [0.4, 0.5) is 9.59 Å². The summed E-state index contributed by atoms with van der Waals surface area (Å²) >= 11 is 0. The first-order chi connectivity index (χ1) is 15.7. The highest BCUT2D eigenvalue weighted by Gasteiger charge is 2.40. The molecule has 1 aromatic rings. The van der Waals surface area contributed by atoms with Crippen LogP contribution >= 0.6 is 0 Å². The molecule has 8 heteroatoms. The Morgan fingerprint density at radius 3 is 1.94 bits per heavy atom. The lowest BCUT2D eigenvalue weighted by molar-refractivity contribution is -0.175. The van der Waals surface area contributed by atoms with Crippen molar-refractivity contribution < 1.29 is 33.8 Å². The molecule has 0 radical (unpaired) electrons. The maximum absolute atomic E-state index is 12.9. The van der Waals surface area contributed by atoms with Crippen LogP contribution < -0.4 is 0 Å². The second-order valence-corrected chi connectivity index (χ2v) is 12.2. The zero-order valence-corrected chi connectivity index (χ0v) is 23.1. The number of hydroxylamine groups is 2. The quantitative estimate of drug-likeness (QED) is 0.366. The fourth-order valence-corrected chi connectivity index (χ4v) is 3.50. The summed E-state index contributed by atoms with van der Waals surface area (Å²) in [5.74, 6) is -0.903. The molecule has 0 bridgehead atoms. The Bertz CT molecular complexity index is 904. The third kappa shape index (κ3) is 10.2. The number of rotatable bonds is 6. The van der Waals surface area contributed by atoms with Gasteiger partial charge >= 0.3 is 18.2 Å². The van der Waals surface area contributed by atoms with E-state index < -0.39 is 46.7 Å². The maximum Gasteiger partial charge on any atom is 0.534 e. The normalized spacial score (nSPS) is 14.0. The first-order valence-electron chi connectivity index (χ1n) is 11.9. The van der Waals surface area contributed by atoms with E-state index >= 15 is 0 Å². The zero-order valence-electron chi connectivity index (χ0n) is 23.1. The van der Waals surface area contributed by atoms with Gasteiger partial charge in [0.15, 0.2) is 0 Å². The smallest absolute Gasteiger partial charge is 0.463 e. The van der Waals surface area contributed by atoms with Crippen LogP contribution in [0.1, 0.15) is 79.0 Å². The van der Waals surface area contributed by atoms with Gasteiger partial charge in [0.1, 0.15) is 11.7 Å². The molecule has 0 fully saturated rings. The molecule has 0 aliphatic heterocycles. The fraction of sp³-hybridized carbons (Fsp3) is 0.667. The van der Waals surface area contributed by atoms with E-state index in [0.29, 0.717) is 11.5 Å². The largest absolute Gasteiger partial charge is 0.534 e. The molecular formula is C27H43NO7. The summed E-state index contributed by atoms with van der Waals surface area (Å²) < 4.78 is 11.1. The Kier molecular flexibility index (Phi) is 9.78. The predicted octanol–water partition coefficient (Wildman–Crippen LogP) is 6.31. The number of benzene rings is 1. The van der Waals surface area contributed by atoms with E-state index in [4.69, 9.17) is 14.3 Å². The van der Waals surface area contributed by atoms with E-state index in [-0.39, 0.29) is 6.54 Å². The Hall–Kier alpha value is -2.77. The summed E-state index contributed by atoms with van der Waals surface area (Å²) in [6.45, 7) is 19.9. The van der Waals surface area contributed by atoms with Gasteiger partial charge in [0.05, 0.1) is 12.0 Å². The number of carboxylic acid groups (broad SMARTS) is 1. The lowest BCUT2D eigenvalue weighted by atomic mass is 9.78. The van der Waals surface area contributed by atoms with Crippen molar-refractivity contribution in [3.63, 3.8) is 0 Å². The highest BCUT2D eigenvalue weighted by Crippen LogP contribution is 2.34. The van der Waals surface area contributed by atoms with Crippen LogP contribution in [0.5, 0.6) is 0 Å². The van der Waals surface area contributed by atoms with Gasteiger partial charge < -0.3 is 19.4 Å². The molecule has 35 heavy (non-hydrogen) atoms. The molecule has 1 N–H and O–H groups in total. The lowest BCUT2D eigenvalue weighted by Gasteiger charge is -2.39.